The summed E-state index contributed by atoms with van der Waals surface area (Å²) in [5.41, 5.74) is -0.382. The Labute approximate surface area is 533 Å². The number of unbranched alkanes of at least 4 members (excludes halogenated alkanes) is 5. The summed E-state index contributed by atoms with van der Waals surface area (Å²) in [7, 11) is 0. The molecule has 0 aromatic heterocycles. The van der Waals surface area contributed by atoms with Gasteiger partial charge < -0.3 is 33.2 Å². The van der Waals surface area contributed by atoms with Crippen molar-refractivity contribution in [2.45, 2.75) is 318 Å². The molecular formula is C73H146O13. The Bertz CT molecular complexity index is 1360. The highest BCUT2D eigenvalue weighted by Gasteiger charge is 2.21. The Morgan fingerprint density at radius 1 is 0.267 bits per heavy atom. The van der Waals surface area contributed by atoms with Crippen molar-refractivity contribution in [1.29, 1.82) is 0 Å². The average Bonchev–Trinajstić information content (AvgIpc) is 3.50. The first kappa shape index (κ1) is 94.9. The molecule has 0 saturated heterocycles. The van der Waals surface area contributed by atoms with Gasteiger partial charge in [0.15, 0.2) is 0 Å². The lowest BCUT2D eigenvalue weighted by molar-refractivity contribution is -0.129. The summed E-state index contributed by atoms with van der Waals surface area (Å²) < 4.78 is 38.0. The Morgan fingerprint density at radius 3 is 0.593 bits per heavy atom. The summed E-state index contributed by atoms with van der Waals surface area (Å²) in [5, 5.41) is 0. The minimum Gasteiger partial charge on any atom is -0.381 e. The number of ketones is 6. The summed E-state index contributed by atoms with van der Waals surface area (Å²) in [6.07, 6.45) is 26.2. The Kier molecular flexibility index (Phi) is 79.2. The highest BCUT2D eigenvalue weighted by Crippen LogP contribution is 2.19. The van der Waals surface area contributed by atoms with Crippen molar-refractivity contribution in [3.8, 4) is 0 Å². The van der Waals surface area contributed by atoms with Gasteiger partial charge in [-0.2, -0.15) is 0 Å². The van der Waals surface area contributed by atoms with Crippen LogP contribution in [0.25, 0.3) is 0 Å². The maximum Gasteiger partial charge on any atom is 0.140 e. The molecule has 0 bridgehead atoms. The molecule has 0 amide bonds. The van der Waals surface area contributed by atoms with E-state index in [9.17, 15) is 28.8 Å². The van der Waals surface area contributed by atoms with Gasteiger partial charge in [0.25, 0.3) is 0 Å². The number of hydrogen-bond acceptors (Lipinski definition) is 13. The van der Waals surface area contributed by atoms with E-state index in [-0.39, 0.29) is 54.2 Å². The minimum atomic E-state index is -0.191. The fourth-order valence-corrected chi connectivity index (χ4v) is 7.43. The molecule has 0 rings (SSSR count). The van der Waals surface area contributed by atoms with Crippen molar-refractivity contribution in [3.63, 3.8) is 0 Å². The normalized spacial score (nSPS) is 11.2. The SMILES string of the molecule is C.CCCCOCCCC(=O)C(C)(C)C.CCCCOCCCC(=O)C(C)(C)C.CCCCOCCCC(=O)CC(=O)CCCOCCCC(C)C.CCCCOCCCC(=O)CC(=O)CCCOCCCC(C)C.CCCCOCCCC(C)C. The van der Waals surface area contributed by atoms with Crippen molar-refractivity contribution in [1.82, 2.24) is 0 Å². The first-order chi connectivity index (χ1) is 40.3. The summed E-state index contributed by atoms with van der Waals surface area (Å²) in [5.74, 6) is 3.05. The number of ether oxygens (including phenoxy) is 7. The fraction of sp³-hybridized carbons (Fsp3) is 0.918. The van der Waals surface area contributed by atoms with E-state index >= 15 is 0 Å². The average molecular weight is 1230 g/mol. The third-order valence-electron chi connectivity index (χ3n) is 13.2. The quantitative estimate of drug-likeness (QED) is 0.0417. The third kappa shape index (κ3) is 88.2. The molecule has 0 heterocycles. The molecule has 0 saturated carbocycles. The zero-order valence-corrected chi connectivity index (χ0v) is 59.2. The van der Waals surface area contributed by atoms with Gasteiger partial charge in [-0.25, -0.2) is 0 Å². The molecule has 13 nitrogen and oxygen atoms in total. The molecule has 0 radical (unpaired) electrons. The molecule has 0 unspecified atom stereocenters. The number of rotatable bonds is 55. The van der Waals surface area contributed by atoms with Crippen LogP contribution in [0.5, 0.6) is 0 Å². The molecule has 0 aromatic carbocycles. The second-order valence-electron chi connectivity index (χ2n) is 26.1. The largest absolute Gasteiger partial charge is 0.381 e. The summed E-state index contributed by atoms with van der Waals surface area (Å²) in [4.78, 5) is 69.7. The molecule has 0 N–H and O–H groups in total. The maximum atomic E-state index is 11.7. The number of carbonyl (C=O) groups excluding carboxylic acids is 6. The highest BCUT2D eigenvalue weighted by atomic mass is 16.5. The molecule has 0 aliphatic carbocycles. The van der Waals surface area contributed by atoms with Gasteiger partial charge in [-0.05, 0) is 127 Å². The van der Waals surface area contributed by atoms with E-state index in [4.69, 9.17) is 33.2 Å². The zero-order valence-electron chi connectivity index (χ0n) is 59.2. The van der Waals surface area contributed by atoms with Crippen LogP contribution in [0.4, 0.5) is 0 Å². The van der Waals surface area contributed by atoms with Crippen LogP contribution in [0, 0.1) is 28.6 Å². The van der Waals surface area contributed by atoms with Crippen LogP contribution in [0.1, 0.15) is 318 Å². The van der Waals surface area contributed by atoms with Crippen molar-refractivity contribution >= 4 is 34.7 Å². The molecule has 13 heteroatoms. The smallest absolute Gasteiger partial charge is 0.140 e. The highest BCUT2D eigenvalue weighted by molar-refractivity contribution is 5.99. The molecule has 0 fully saturated rings. The molecule has 0 aliphatic rings. The number of Topliss-reactive ketones (excluding diaryl/α,β-unsaturated/α-hetero) is 6. The molecule has 0 atom stereocenters. The van der Waals surface area contributed by atoms with Crippen molar-refractivity contribution in [2.24, 2.45) is 28.6 Å². The van der Waals surface area contributed by atoms with E-state index in [2.05, 4.69) is 76.2 Å². The zero-order chi connectivity index (χ0) is 65.3. The van der Waals surface area contributed by atoms with Crippen LogP contribution in [-0.4, -0.2) is 127 Å². The fourth-order valence-electron chi connectivity index (χ4n) is 7.43. The van der Waals surface area contributed by atoms with E-state index in [0.29, 0.717) is 101 Å². The van der Waals surface area contributed by atoms with Crippen molar-refractivity contribution in [2.75, 3.05) is 92.5 Å². The molecule has 86 heavy (non-hydrogen) atoms. The van der Waals surface area contributed by atoms with Gasteiger partial charge in [0.2, 0.25) is 0 Å². The van der Waals surface area contributed by atoms with Gasteiger partial charge in [-0.3, -0.25) is 28.8 Å². The summed E-state index contributed by atoms with van der Waals surface area (Å²) in [6, 6.07) is 0. The standard InChI is InChI=1S/2C19H36O4.2C12H24O2.C10H22O.CH4/c2*1-4-5-12-22-14-7-10-18(20)16-19(21)11-8-15-23-13-6-9-17(2)3;2*1-5-6-9-14-10-7-8-11(13)12(2,3)4;1-4-5-8-11-9-6-7-10(2)3;/h2*17H,4-16H2,1-3H3;2*5-10H2,1-4H3;10H,4-9H2,1-3H3;1H4. The van der Waals surface area contributed by atoms with E-state index in [1.54, 1.807) is 0 Å². The Hall–Kier alpha value is -2.26. The van der Waals surface area contributed by atoms with Gasteiger partial charge in [0.05, 0.1) is 12.8 Å². The van der Waals surface area contributed by atoms with Crippen molar-refractivity contribution in [3.05, 3.63) is 0 Å². The molecule has 516 valence electrons. The minimum absolute atomic E-state index is 0. The molecule has 0 spiro atoms. The summed E-state index contributed by atoms with van der Waals surface area (Å²) >= 11 is 0. The molecule has 0 aliphatic heterocycles. The van der Waals surface area contributed by atoms with E-state index < -0.39 is 0 Å². The lowest BCUT2D eigenvalue weighted by Crippen LogP contribution is -2.20. The predicted octanol–water partition coefficient (Wildman–Crippen LogP) is 19.0. The predicted molar refractivity (Wildman–Crippen MR) is 363 cm³/mol. The van der Waals surface area contributed by atoms with Gasteiger partial charge >= 0.3 is 0 Å². The number of hydrogen-bond donors (Lipinski definition) is 0. The first-order valence-electron chi connectivity index (χ1n) is 34.5. The second kappa shape index (κ2) is 71.8. The molecular weight excluding hydrogens is 1080 g/mol. The Balaban J connectivity index is -0.000000239. The van der Waals surface area contributed by atoms with E-state index in [1.165, 1.54) is 51.4 Å². The van der Waals surface area contributed by atoms with Crippen LogP contribution < -0.4 is 0 Å². The van der Waals surface area contributed by atoms with E-state index in [1.807, 2.05) is 41.5 Å². The van der Waals surface area contributed by atoms with Crippen LogP contribution in [0.2, 0.25) is 0 Å². The lowest BCUT2D eigenvalue weighted by atomic mass is 9.88. The van der Waals surface area contributed by atoms with Crippen LogP contribution in [0.15, 0.2) is 0 Å². The van der Waals surface area contributed by atoms with Crippen LogP contribution >= 0.6 is 0 Å². The summed E-state index contributed by atoms with van der Waals surface area (Å²) in [6.45, 7) is 46.4. The third-order valence-corrected chi connectivity index (χ3v) is 13.2. The van der Waals surface area contributed by atoms with Gasteiger partial charge in [-0.1, -0.05) is 157 Å². The topological polar surface area (TPSA) is 167 Å². The number of carbonyl (C=O) groups is 6. The van der Waals surface area contributed by atoms with Crippen LogP contribution in [-0.2, 0) is 61.9 Å². The van der Waals surface area contributed by atoms with Gasteiger partial charge in [0, 0.05) is 142 Å². The maximum absolute atomic E-state index is 11.7. The monoisotopic (exact) mass is 1230 g/mol. The first-order valence-corrected chi connectivity index (χ1v) is 34.5. The van der Waals surface area contributed by atoms with Gasteiger partial charge in [-0.15, -0.1) is 0 Å². The Morgan fingerprint density at radius 2 is 0.430 bits per heavy atom. The molecule has 0 aromatic rings. The lowest BCUT2D eigenvalue weighted by Gasteiger charge is -2.16. The second-order valence-corrected chi connectivity index (χ2v) is 26.1. The van der Waals surface area contributed by atoms with Crippen LogP contribution in [0.3, 0.4) is 0 Å². The van der Waals surface area contributed by atoms with Crippen molar-refractivity contribution < 1.29 is 61.9 Å². The van der Waals surface area contributed by atoms with Gasteiger partial charge in [0.1, 0.15) is 34.7 Å². The van der Waals surface area contributed by atoms with E-state index in [0.717, 1.165) is 149 Å².